The summed E-state index contributed by atoms with van der Waals surface area (Å²) in [4.78, 5) is 2.28. The number of nitrogens with zero attached hydrogens (tertiary/aromatic N) is 3. The zero-order valence-corrected chi connectivity index (χ0v) is 13.8. The third kappa shape index (κ3) is 4.50. The van der Waals surface area contributed by atoms with E-state index in [1.54, 1.807) is 0 Å². The van der Waals surface area contributed by atoms with Gasteiger partial charge in [0.2, 0.25) is 5.88 Å². The number of piperidine rings is 1. The highest BCUT2D eigenvalue weighted by atomic mass is 16.5. The minimum atomic E-state index is -0.593. The summed E-state index contributed by atoms with van der Waals surface area (Å²) in [6, 6.07) is 13.3. The second-order valence-electron chi connectivity index (χ2n) is 6.32. The van der Waals surface area contributed by atoms with Crippen molar-refractivity contribution in [3.8, 4) is 11.6 Å². The molecule has 3 N–H and O–H groups in total. The topological polar surface area (TPSA) is 84.5 Å². The summed E-state index contributed by atoms with van der Waals surface area (Å²) in [6.07, 6.45) is 2.19. The molecule has 0 atom stereocenters. The first-order valence-electron chi connectivity index (χ1n) is 8.37. The Bertz CT molecular complexity index is 625. The van der Waals surface area contributed by atoms with Crippen molar-refractivity contribution < 1.29 is 9.84 Å². The minimum absolute atomic E-state index is 0.487. The minimum Gasteiger partial charge on any atom is -0.438 e. The van der Waals surface area contributed by atoms with Gasteiger partial charge in [-0.15, -0.1) is 5.10 Å². The lowest BCUT2D eigenvalue weighted by atomic mass is 9.88. The molecule has 2 aromatic rings. The largest absolute Gasteiger partial charge is 0.438 e. The van der Waals surface area contributed by atoms with Gasteiger partial charge in [0.1, 0.15) is 5.75 Å². The van der Waals surface area contributed by atoms with E-state index in [9.17, 15) is 5.11 Å². The molecule has 1 saturated heterocycles. The monoisotopic (exact) mass is 328 g/mol. The molecule has 0 spiro atoms. The number of benzene rings is 1. The second kappa shape index (κ2) is 7.70. The van der Waals surface area contributed by atoms with Crippen LogP contribution in [-0.2, 0) is 6.54 Å². The standard InChI is InChI=1S/C18H24N4O2/c19-11-8-18(23)9-12-22(13-10-18)14-15-6-7-17(21-20-15)24-16-4-2-1-3-5-16/h1-7,23H,8-14,19H2. The van der Waals surface area contributed by atoms with Crippen LogP contribution >= 0.6 is 0 Å². The number of hydrogen-bond acceptors (Lipinski definition) is 6. The molecule has 0 saturated carbocycles. The predicted molar refractivity (Wildman–Crippen MR) is 91.7 cm³/mol. The van der Waals surface area contributed by atoms with Crippen LogP contribution in [0.3, 0.4) is 0 Å². The van der Waals surface area contributed by atoms with Crippen LogP contribution < -0.4 is 10.5 Å². The molecule has 6 heteroatoms. The molecule has 0 bridgehead atoms. The van der Waals surface area contributed by atoms with Gasteiger partial charge in [0.25, 0.3) is 0 Å². The Labute approximate surface area is 142 Å². The molecule has 1 aliphatic rings. The number of rotatable bonds is 6. The second-order valence-corrected chi connectivity index (χ2v) is 6.32. The van der Waals surface area contributed by atoms with Crippen LogP contribution in [0.1, 0.15) is 25.0 Å². The molecular weight excluding hydrogens is 304 g/mol. The number of aliphatic hydroxyl groups is 1. The zero-order chi connectivity index (χ0) is 16.8. The number of para-hydroxylation sites is 1. The summed E-state index contributed by atoms with van der Waals surface area (Å²) in [5, 5.41) is 18.8. The van der Waals surface area contributed by atoms with Gasteiger partial charge in [-0.2, -0.15) is 5.10 Å². The quantitative estimate of drug-likeness (QED) is 0.843. The lowest BCUT2D eigenvalue weighted by molar-refractivity contribution is -0.0276. The SMILES string of the molecule is NCCC1(O)CCN(Cc2ccc(Oc3ccccc3)nn2)CC1. The fourth-order valence-corrected chi connectivity index (χ4v) is 2.97. The zero-order valence-electron chi connectivity index (χ0n) is 13.8. The van der Waals surface area contributed by atoms with E-state index in [1.807, 2.05) is 42.5 Å². The molecule has 0 amide bonds. The Morgan fingerprint density at radius 2 is 1.83 bits per heavy atom. The van der Waals surface area contributed by atoms with Crippen molar-refractivity contribution in [2.75, 3.05) is 19.6 Å². The molecule has 0 radical (unpaired) electrons. The van der Waals surface area contributed by atoms with Crippen molar-refractivity contribution in [3.63, 3.8) is 0 Å². The van der Waals surface area contributed by atoms with Crippen LogP contribution in [0.5, 0.6) is 11.6 Å². The first kappa shape index (κ1) is 16.8. The molecule has 0 unspecified atom stereocenters. The highest BCUT2D eigenvalue weighted by Crippen LogP contribution is 2.26. The molecule has 128 valence electrons. The van der Waals surface area contributed by atoms with Gasteiger partial charge in [-0.25, -0.2) is 0 Å². The van der Waals surface area contributed by atoms with Gasteiger partial charge < -0.3 is 15.6 Å². The van der Waals surface area contributed by atoms with Gasteiger partial charge in [0, 0.05) is 25.7 Å². The molecule has 1 aromatic heterocycles. The summed E-state index contributed by atoms with van der Waals surface area (Å²) >= 11 is 0. The highest BCUT2D eigenvalue weighted by Gasteiger charge is 2.31. The van der Waals surface area contributed by atoms with E-state index in [4.69, 9.17) is 10.5 Å². The molecule has 3 rings (SSSR count). The van der Waals surface area contributed by atoms with E-state index in [0.29, 0.717) is 18.8 Å². The van der Waals surface area contributed by atoms with Gasteiger partial charge in [-0.3, -0.25) is 4.90 Å². The Kier molecular flexibility index (Phi) is 5.40. The van der Waals surface area contributed by atoms with Crippen LogP contribution in [0.25, 0.3) is 0 Å². The molecular formula is C18H24N4O2. The average molecular weight is 328 g/mol. The lowest BCUT2D eigenvalue weighted by Crippen LogP contribution is -2.45. The average Bonchev–Trinajstić information content (AvgIpc) is 2.60. The molecule has 2 heterocycles. The van der Waals surface area contributed by atoms with E-state index < -0.39 is 5.60 Å². The Hall–Kier alpha value is -2.02. The summed E-state index contributed by atoms with van der Waals surface area (Å²) < 4.78 is 5.65. The molecule has 0 aliphatic carbocycles. The van der Waals surface area contributed by atoms with Gasteiger partial charge in [0.05, 0.1) is 11.3 Å². The molecule has 1 aliphatic heterocycles. The first-order chi connectivity index (χ1) is 11.7. The van der Waals surface area contributed by atoms with Crippen molar-refractivity contribution in [1.29, 1.82) is 0 Å². The Balaban J connectivity index is 1.52. The maximum atomic E-state index is 10.4. The summed E-state index contributed by atoms with van der Waals surface area (Å²) in [5.74, 6) is 1.23. The van der Waals surface area contributed by atoms with Crippen molar-refractivity contribution in [3.05, 3.63) is 48.2 Å². The van der Waals surface area contributed by atoms with E-state index in [-0.39, 0.29) is 0 Å². The number of likely N-dealkylation sites (tertiary alicyclic amines) is 1. The van der Waals surface area contributed by atoms with Gasteiger partial charge in [-0.05, 0) is 44.0 Å². The number of aromatic nitrogens is 2. The van der Waals surface area contributed by atoms with E-state index in [0.717, 1.165) is 43.9 Å². The number of nitrogens with two attached hydrogens (primary N) is 1. The van der Waals surface area contributed by atoms with Crippen molar-refractivity contribution in [2.45, 2.75) is 31.4 Å². The van der Waals surface area contributed by atoms with E-state index >= 15 is 0 Å². The van der Waals surface area contributed by atoms with E-state index in [2.05, 4.69) is 15.1 Å². The predicted octanol–water partition coefficient (Wildman–Crippen LogP) is 1.94. The first-order valence-corrected chi connectivity index (χ1v) is 8.37. The van der Waals surface area contributed by atoms with Gasteiger partial charge in [0.15, 0.2) is 0 Å². The van der Waals surface area contributed by atoms with Crippen molar-refractivity contribution in [1.82, 2.24) is 15.1 Å². The van der Waals surface area contributed by atoms with Crippen LogP contribution in [0, 0.1) is 0 Å². The van der Waals surface area contributed by atoms with Crippen LogP contribution in [0.4, 0.5) is 0 Å². The third-order valence-corrected chi connectivity index (χ3v) is 4.44. The normalized spacial score (nSPS) is 17.6. The number of ether oxygens (including phenoxy) is 1. The summed E-state index contributed by atoms with van der Waals surface area (Å²) in [7, 11) is 0. The Morgan fingerprint density at radius 3 is 2.46 bits per heavy atom. The van der Waals surface area contributed by atoms with E-state index in [1.165, 1.54) is 0 Å². The Morgan fingerprint density at radius 1 is 1.08 bits per heavy atom. The summed E-state index contributed by atoms with van der Waals surface area (Å²) in [6.45, 7) is 2.96. The maximum Gasteiger partial charge on any atom is 0.238 e. The van der Waals surface area contributed by atoms with Crippen LogP contribution in [0.15, 0.2) is 42.5 Å². The molecule has 1 fully saturated rings. The fraction of sp³-hybridized carbons (Fsp3) is 0.444. The fourth-order valence-electron chi connectivity index (χ4n) is 2.97. The van der Waals surface area contributed by atoms with Gasteiger partial charge >= 0.3 is 0 Å². The smallest absolute Gasteiger partial charge is 0.238 e. The van der Waals surface area contributed by atoms with Gasteiger partial charge in [-0.1, -0.05) is 18.2 Å². The van der Waals surface area contributed by atoms with Crippen LogP contribution in [-0.4, -0.2) is 45.4 Å². The van der Waals surface area contributed by atoms with Crippen molar-refractivity contribution >= 4 is 0 Å². The van der Waals surface area contributed by atoms with Crippen molar-refractivity contribution in [2.24, 2.45) is 5.73 Å². The van der Waals surface area contributed by atoms with Crippen LogP contribution in [0.2, 0.25) is 0 Å². The maximum absolute atomic E-state index is 10.4. The highest BCUT2D eigenvalue weighted by molar-refractivity contribution is 5.26. The summed E-state index contributed by atoms with van der Waals surface area (Å²) in [5.41, 5.74) is 5.88. The molecule has 6 nitrogen and oxygen atoms in total. The molecule has 1 aromatic carbocycles. The number of hydrogen-bond donors (Lipinski definition) is 2. The lowest BCUT2D eigenvalue weighted by Gasteiger charge is -2.37. The third-order valence-electron chi connectivity index (χ3n) is 4.44. The molecule has 24 heavy (non-hydrogen) atoms.